The van der Waals surface area contributed by atoms with Crippen LogP contribution in [-0.2, 0) is 0 Å². The Kier molecular flexibility index (Phi) is 3.02. The van der Waals surface area contributed by atoms with Gasteiger partial charge < -0.3 is 5.73 Å². The number of anilines is 1. The minimum atomic E-state index is 0.444. The lowest BCUT2D eigenvalue weighted by molar-refractivity contribution is 1.17. The molecule has 1 aromatic carbocycles. The van der Waals surface area contributed by atoms with Crippen molar-refractivity contribution < 1.29 is 0 Å². The number of benzene rings is 1. The molecule has 0 spiro atoms. The Bertz CT molecular complexity index is 500. The van der Waals surface area contributed by atoms with Crippen molar-refractivity contribution in [1.82, 2.24) is 9.97 Å². The maximum atomic E-state index is 5.69. The molecule has 15 heavy (non-hydrogen) atoms. The van der Waals surface area contributed by atoms with Crippen molar-refractivity contribution in [1.29, 1.82) is 0 Å². The van der Waals surface area contributed by atoms with E-state index in [4.69, 9.17) is 5.73 Å². The van der Waals surface area contributed by atoms with Gasteiger partial charge in [0.15, 0.2) is 5.82 Å². The number of aromatic nitrogens is 2. The van der Waals surface area contributed by atoms with Gasteiger partial charge in [0.2, 0.25) is 0 Å². The van der Waals surface area contributed by atoms with Crippen molar-refractivity contribution in [3.63, 3.8) is 0 Å². The first-order valence-electron chi connectivity index (χ1n) is 4.21. The number of hydrogen-bond acceptors (Lipinski definition) is 3. The number of nitrogens with two attached hydrogens (primary N) is 1. The number of rotatable bonds is 1. The second-order valence-corrected chi connectivity index (χ2v) is 4.71. The Morgan fingerprint density at radius 3 is 2.67 bits per heavy atom. The molecule has 0 saturated carbocycles. The second kappa shape index (κ2) is 4.28. The van der Waals surface area contributed by atoms with Crippen LogP contribution in [0.3, 0.4) is 0 Å². The monoisotopic (exact) mass is 327 g/mol. The molecule has 0 aliphatic heterocycles. The molecule has 1 heterocycles. The Morgan fingerprint density at radius 2 is 2.00 bits per heavy atom. The van der Waals surface area contributed by atoms with Crippen molar-refractivity contribution in [2.24, 2.45) is 0 Å². The Labute approximate surface area is 104 Å². The maximum Gasteiger partial charge on any atom is 0.161 e. The van der Waals surface area contributed by atoms with E-state index in [1.165, 1.54) is 0 Å². The van der Waals surface area contributed by atoms with E-state index in [1.807, 2.05) is 24.3 Å². The summed E-state index contributed by atoms with van der Waals surface area (Å²) in [6.45, 7) is 0. The topological polar surface area (TPSA) is 51.8 Å². The summed E-state index contributed by atoms with van der Waals surface area (Å²) in [7, 11) is 0. The van der Waals surface area contributed by atoms with E-state index >= 15 is 0 Å². The highest BCUT2D eigenvalue weighted by molar-refractivity contribution is 9.10. The minimum Gasteiger partial charge on any atom is -0.383 e. The molecular formula is C10H7Br2N3. The summed E-state index contributed by atoms with van der Waals surface area (Å²) in [5.74, 6) is 1.07. The highest BCUT2D eigenvalue weighted by Crippen LogP contribution is 2.23. The molecule has 0 radical (unpaired) electrons. The molecule has 0 unspecified atom stereocenters. The van der Waals surface area contributed by atoms with Crippen LogP contribution < -0.4 is 5.73 Å². The summed E-state index contributed by atoms with van der Waals surface area (Å²) in [5, 5.41) is 0. The average Bonchev–Trinajstić information content (AvgIpc) is 2.22. The van der Waals surface area contributed by atoms with E-state index in [9.17, 15) is 0 Å². The predicted octanol–water partition coefficient (Wildman–Crippen LogP) is 3.25. The summed E-state index contributed by atoms with van der Waals surface area (Å²) >= 11 is 6.65. The Morgan fingerprint density at radius 1 is 1.20 bits per heavy atom. The first kappa shape index (κ1) is 10.6. The van der Waals surface area contributed by atoms with Crippen LogP contribution in [0.25, 0.3) is 11.4 Å². The first-order valence-corrected chi connectivity index (χ1v) is 5.79. The van der Waals surface area contributed by atoms with Crippen LogP contribution in [0.2, 0.25) is 0 Å². The predicted molar refractivity (Wildman–Crippen MR) is 67.3 cm³/mol. The van der Waals surface area contributed by atoms with E-state index in [0.717, 1.165) is 10.0 Å². The minimum absolute atomic E-state index is 0.444. The van der Waals surface area contributed by atoms with Crippen LogP contribution in [-0.4, -0.2) is 9.97 Å². The molecular weight excluding hydrogens is 322 g/mol. The number of nitrogen functional groups attached to an aromatic ring is 1. The maximum absolute atomic E-state index is 5.69. The molecule has 0 bridgehead atoms. The fourth-order valence-electron chi connectivity index (χ4n) is 1.15. The van der Waals surface area contributed by atoms with Crippen LogP contribution in [0.5, 0.6) is 0 Å². The molecule has 0 aliphatic carbocycles. The van der Waals surface area contributed by atoms with Gasteiger partial charge in [0.25, 0.3) is 0 Å². The standard InChI is InChI=1S/C10H7Br2N3/c11-7-3-1-2-6(4-7)10-14-5-8(12)9(13)15-10/h1-5H,(H2,13,14,15). The summed E-state index contributed by atoms with van der Waals surface area (Å²) < 4.78 is 1.70. The van der Waals surface area contributed by atoms with Crippen LogP contribution in [0.4, 0.5) is 5.82 Å². The molecule has 1 aromatic heterocycles. The lowest BCUT2D eigenvalue weighted by Gasteiger charge is -2.02. The highest BCUT2D eigenvalue weighted by atomic mass is 79.9. The Balaban J connectivity index is 2.50. The van der Waals surface area contributed by atoms with Gasteiger partial charge in [-0.3, -0.25) is 0 Å². The summed E-state index contributed by atoms with van der Waals surface area (Å²) in [6, 6.07) is 7.77. The van der Waals surface area contributed by atoms with Crippen molar-refractivity contribution >= 4 is 37.7 Å². The van der Waals surface area contributed by atoms with Crippen LogP contribution >= 0.6 is 31.9 Å². The van der Waals surface area contributed by atoms with Gasteiger partial charge in [-0.1, -0.05) is 28.1 Å². The molecule has 3 nitrogen and oxygen atoms in total. The smallest absolute Gasteiger partial charge is 0.161 e. The zero-order valence-electron chi connectivity index (χ0n) is 7.61. The molecule has 0 atom stereocenters. The van der Waals surface area contributed by atoms with E-state index in [-0.39, 0.29) is 0 Å². The quantitative estimate of drug-likeness (QED) is 0.874. The fraction of sp³-hybridized carbons (Fsp3) is 0. The summed E-state index contributed by atoms with van der Waals surface area (Å²) in [4.78, 5) is 8.37. The zero-order valence-corrected chi connectivity index (χ0v) is 10.8. The van der Waals surface area contributed by atoms with Crippen molar-refractivity contribution in [2.75, 3.05) is 5.73 Å². The van der Waals surface area contributed by atoms with Gasteiger partial charge in [-0.05, 0) is 28.1 Å². The third kappa shape index (κ3) is 2.35. The van der Waals surface area contributed by atoms with Gasteiger partial charge in [-0.25, -0.2) is 9.97 Å². The van der Waals surface area contributed by atoms with Crippen LogP contribution in [0.1, 0.15) is 0 Å². The summed E-state index contributed by atoms with van der Waals surface area (Å²) in [6.07, 6.45) is 1.65. The molecule has 2 N–H and O–H groups in total. The lowest BCUT2D eigenvalue weighted by Crippen LogP contribution is -1.96. The van der Waals surface area contributed by atoms with Gasteiger partial charge in [-0.2, -0.15) is 0 Å². The Hall–Kier alpha value is -0.940. The SMILES string of the molecule is Nc1nc(-c2cccc(Br)c2)ncc1Br. The first-order chi connectivity index (χ1) is 7.16. The largest absolute Gasteiger partial charge is 0.383 e. The molecule has 2 aromatic rings. The van der Waals surface area contributed by atoms with Gasteiger partial charge >= 0.3 is 0 Å². The van der Waals surface area contributed by atoms with E-state index in [2.05, 4.69) is 41.8 Å². The average molecular weight is 329 g/mol. The molecule has 0 amide bonds. The highest BCUT2D eigenvalue weighted by Gasteiger charge is 2.04. The van der Waals surface area contributed by atoms with Crippen molar-refractivity contribution in [2.45, 2.75) is 0 Å². The van der Waals surface area contributed by atoms with Crippen LogP contribution in [0, 0.1) is 0 Å². The van der Waals surface area contributed by atoms with E-state index in [1.54, 1.807) is 6.20 Å². The third-order valence-electron chi connectivity index (χ3n) is 1.85. The summed E-state index contributed by atoms with van der Waals surface area (Å²) in [5.41, 5.74) is 6.62. The molecule has 0 fully saturated rings. The van der Waals surface area contributed by atoms with Crippen molar-refractivity contribution in [3.05, 3.63) is 39.4 Å². The molecule has 0 aliphatic rings. The molecule has 2 rings (SSSR count). The zero-order chi connectivity index (χ0) is 10.8. The van der Waals surface area contributed by atoms with Gasteiger partial charge in [-0.15, -0.1) is 0 Å². The number of halogens is 2. The third-order valence-corrected chi connectivity index (χ3v) is 2.96. The molecule has 5 heteroatoms. The van der Waals surface area contributed by atoms with Crippen LogP contribution in [0.15, 0.2) is 39.4 Å². The molecule has 0 saturated heterocycles. The van der Waals surface area contributed by atoms with Gasteiger partial charge in [0, 0.05) is 16.2 Å². The van der Waals surface area contributed by atoms with Crippen molar-refractivity contribution in [3.8, 4) is 11.4 Å². The number of hydrogen-bond donors (Lipinski definition) is 1. The number of nitrogens with zero attached hydrogens (tertiary/aromatic N) is 2. The lowest BCUT2D eigenvalue weighted by atomic mass is 10.2. The molecule has 76 valence electrons. The van der Waals surface area contributed by atoms with E-state index in [0.29, 0.717) is 16.1 Å². The normalized spacial score (nSPS) is 10.3. The second-order valence-electron chi connectivity index (χ2n) is 2.94. The fourth-order valence-corrected chi connectivity index (χ4v) is 1.74. The van der Waals surface area contributed by atoms with Gasteiger partial charge in [0.1, 0.15) is 5.82 Å². The van der Waals surface area contributed by atoms with Gasteiger partial charge in [0.05, 0.1) is 4.47 Å². The van der Waals surface area contributed by atoms with E-state index < -0.39 is 0 Å².